The van der Waals surface area contributed by atoms with Crippen molar-refractivity contribution >= 4 is 17.3 Å². The molecule has 0 aliphatic heterocycles. The van der Waals surface area contributed by atoms with E-state index in [-0.39, 0.29) is 10.6 Å². The van der Waals surface area contributed by atoms with Crippen molar-refractivity contribution in [3.05, 3.63) is 21.6 Å². The number of rotatable bonds is 6. The van der Waals surface area contributed by atoms with Crippen molar-refractivity contribution in [1.82, 2.24) is 15.1 Å². The summed E-state index contributed by atoms with van der Waals surface area (Å²) in [5.41, 5.74) is 0.455. The minimum absolute atomic E-state index is 0.223. The highest BCUT2D eigenvalue weighted by molar-refractivity contribution is 6.33. The van der Waals surface area contributed by atoms with Gasteiger partial charge >= 0.3 is 0 Å². The van der Waals surface area contributed by atoms with Gasteiger partial charge in [0.15, 0.2) is 0 Å². The Morgan fingerprint density at radius 3 is 2.78 bits per heavy atom. The molecule has 0 saturated carbocycles. The van der Waals surface area contributed by atoms with Crippen LogP contribution in [0, 0.1) is 5.92 Å². The zero-order valence-electron chi connectivity index (χ0n) is 11.4. The fourth-order valence-electron chi connectivity index (χ4n) is 1.60. The SMILES string of the molecule is CNCCN(C)c1cnn(CC(C)C)c(=O)c1Cl. The third kappa shape index (κ3) is 3.71. The van der Waals surface area contributed by atoms with Gasteiger partial charge in [-0.15, -0.1) is 0 Å². The highest BCUT2D eigenvalue weighted by Gasteiger charge is 2.13. The molecule has 0 aromatic carbocycles. The molecule has 0 atom stereocenters. The molecule has 0 fully saturated rings. The van der Waals surface area contributed by atoms with Crippen LogP contribution in [0.5, 0.6) is 0 Å². The predicted molar refractivity (Wildman–Crippen MR) is 75.5 cm³/mol. The Morgan fingerprint density at radius 2 is 2.22 bits per heavy atom. The summed E-state index contributed by atoms with van der Waals surface area (Å²) >= 11 is 6.12. The fraction of sp³-hybridized carbons (Fsp3) is 0.667. The Morgan fingerprint density at radius 1 is 1.56 bits per heavy atom. The van der Waals surface area contributed by atoms with Crippen LogP contribution in [0.2, 0.25) is 5.02 Å². The quantitative estimate of drug-likeness (QED) is 0.846. The molecule has 1 N–H and O–H groups in total. The maximum absolute atomic E-state index is 12.0. The van der Waals surface area contributed by atoms with Gasteiger partial charge in [-0.2, -0.15) is 5.10 Å². The molecular formula is C12H21ClN4O. The first-order valence-corrected chi connectivity index (χ1v) is 6.46. The minimum Gasteiger partial charge on any atom is -0.371 e. The van der Waals surface area contributed by atoms with Crippen LogP contribution < -0.4 is 15.8 Å². The van der Waals surface area contributed by atoms with Crippen molar-refractivity contribution < 1.29 is 0 Å². The largest absolute Gasteiger partial charge is 0.371 e. The molecular weight excluding hydrogens is 252 g/mol. The van der Waals surface area contributed by atoms with Gasteiger partial charge in [-0.3, -0.25) is 4.79 Å². The molecule has 0 bridgehead atoms. The van der Waals surface area contributed by atoms with E-state index in [4.69, 9.17) is 11.6 Å². The van der Waals surface area contributed by atoms with Crippen LogP contribution in [0.3, 0.4) is 0 Å². The molecule has 1 heterocycles. The standard InChI is InChI=1S/C12H21ClN4O/c1-9(2)8-17-12(18)11(13)10(7-15-17)16(4)6-5-14-3/h7,9,14H,5-6,8H2,1-4H3. The molecule has 1 aromatic rings. The van der Waals surface area contributed by atoms with E-state index in [0.717, 1.165) is 13.1 Å². The minimum atomic E-state index is -0.223. The van der Waals surface area contributed by atoms with Gasteiger partial charge in [0.1, 0.15) is 5.02 Å². The van der Waals surface area contributed by atoms with Crippen molar-refractivity contribution in [2.24, 2.45) is 5.92 Å². The summed E-state index contributed by atoms with van der Waals surface area (Å²) in [6.07, 6.45) is 1.65. The number of anilines is 1. The summed E-state index contributed by atoms with van der Waals surface area (Å²) in [7, 11) is 3.78. The van der Waals surface area contributed by atoms with E-state index in [2.05, 4.69) is 10.4 Å². The van der Waals surface area contributed by atoms with Gasteiger partial charge in [0.2, 0.25) is 0 Å². The maximum atomic E-state index is 12.0. The Labute approximate surface area is 113 Å². The van der Waals surface area contributed by atoms with Gasteiger partial charge in [-0.05, 0) is 13.0 Å². The first-order valence-electron chi connectivity index (χ1n) is 6.08. The van der Waals surface area contributed by atoms with E-state index in [1.807, 2.05) is 32.8 Å². The van der Waals surface area contributed by atoms with E-state index in [1.54, 1.807) is 6.20 Å². The van der Waals surface area contributed by atoms with Crippen molar-refractivity contribution in [2.45, 2.75) is 20.4 Å². The molecule has 0 aliphatic carbocycles. The molecule has 6 heteroatoms. The molecule has 5 nitrogen and oxygen atoms in total. The van der Waals surface area contributed by atoms with Crippen molar-refractivity contribution in [3.63, 3.8) is 0 Å². The Balaban J connectivity index is 2.97. The molecule has 0 radical (unpaired) electrons. The Hall–Kier alpha value is -1.07. The molecule has 0 aliphatic rings. The number of aromatic nitrogens is 2. The summed E-state index contributed by atoms with van der Waals surface area (Å²) < 4.78 is 1.42. The lowest BCUT2D eigenvalue weighted by Crippen LogP contribution is -2.31. The van der Waals surface area contributed by atoms with Crippen LogP contribution in [0.4, 0.5) is 5.69 Å². The van der Waals surface area contributed by atoms with Crippen LogP contribution in [-0.2, 0) is 6.54 Å². The third-order valence-electron chi connectivity index (χ3n) is 2.61. The summed E-state index contributed by atoms with van der Waals surface area (Å²) in [6.45, 7) is 6.25. The molecule has 1 rings (SSSR count). The Kier molecular flexibility index (Phi) is 5.62. The van der Waals surface area contributed by atoms with Gasteiger partial charge in [-0.25, -0.2) is 4.68 Å². The van der Waals surface area contributed by atoms with Crippen LogP contribution in [-0.4, -0.2) is 37.0 Å². The van der Waals surface area contributed by atoms with Gasteiger partial charge in [0.25, 0.3) is 5.56 Å². The highest BCUT2D eigenvalue weighted by Crippen LogP contribution is 2.19. The van der Waals surface area contributed by atoms with Crippen molar-refractivity contribution in [3.8, 4) is 0 Å². The Bertz CT molecular complexity index is 444. The smallest absolute Gasteiger partial charge is 0.287 e. The zero-order chi connectivity index (χ0) is 13.7. The first-order chi connectivity index (χ1) is 8.47. The van der Waals surface area contributed by atoms with Crippen molar-refractivity contribution in [1.29, 1.82) is 0 Å². The van der Waals surface area contributed by atoms with E-state index < -0.39 is 0 Å². The number of hydrogen-bond acceptors (Lipinski definition) is 4. The molecule has 18 heavy (non-hydrogen) atoms. The van der Waals surface area contributed by atoms with Gasteiger partial charge in [0.05, 0.1) is 11.9 Å². The van der Waals surface area contributed by atoms with Crippen LogP contribution in [0.25, 0.3) is 0 Å². The maximum Gasteiger partial charge on any atom is 0.287 e. The lowest BCUT2D eigenvalue weighted by Gasteiger charge is -2.20. The average Bonchev–Trinajstić information content (AvgIpc) is 2.31. The summed E-state index contributed by atoms with van der Waals surface area (Å²) in [5, 5.41) is 7.46. The van der Waals surface area contributed by atoms with Gasteiger partial charge in [0, 0.05) is 26.7 Å². The fourth-order valence-corrected chi connectivity index (χ4v) is 1.89. The summed E-state index contributed by atoms with van der Waals surface area (Å²) in [6, 6.07) is 0. The second-order valence-corrected chi connectivity index (χ2v) is 5.13. The zero-order valence-corrected chi connectivity index (χ0v) is 12.2. The summed E-state index contributed by atoms with van der Waals surface area (Å²) in [5.74, 6) is 0.360. The highest BCUT2D eigenvalue weighted by atomic mass is 35.5. The van der Waals surface area contributed by atoms with Gasteiger partial charge < -0.3 is 10.2 Å². The number of nitrogens with zero attached hydrogens (tertiary/aromatic N) is 3. The topological polar surface area (TPSA) is 50.2 Å². The lowest BCUT2D eigenvalue weighted by atomic mass is 10.2. The van der Waals surface area contributed by atoms with Crippen LogP contribution in [0.1, 0.15) is 13.8 Å². The third-order valence-corrected chi connectivity index (χ3v) is 2.97. The predicted octanol–water partition coefficient (Wildman–Crippen LogP) is 1.21. The number of hydrogen-bond donors (Lipinski definition) is 1. The molecule has 0 amide bonds. The number of likely N-dealkylation sites (N-methyl/N-ethyl adjacent to an activating group) is 2. The number of halogens is 1. The lowest BCUT2D eigenvalue weighted by molar-refractivity contribution is 0.463. The monoisotopic (exact) mass is 272 g/mol. The normalized spacial score (nSPS) is 11.0. The molecule has 0 saturated heterocycles. The van der Waals surface area contributed by atoms with E-state index in [0.29, 0.717) is 18.2 Å². The summed E-state index contributed by atoms with van der Waals surface area (Å²) in [4.78, 5) is 14.0. The van der Waals surface area contributed by atoms with Crippen molar-refractivity contribution in [2.75, 3.05) is 32.1 Å². The second-order valence-electron chi connectivity index (χ2n) is 4.75. The molecule has 102 valence electrons. The molecule has 0 unspecified atom stereocenters. The number of nitrogens with one attached hydrogen (secondary N) is 1. The second kappa shape index (κ2) is 6.75. The average molecular weight is 273 g/mol. The molecule has 1 aromatic heterocycles. The van der Waals surface area contributed by atoms with E-state index >= 15 is 0 Å². The van der Waals surface area contributed by atoms with E-state index in [9.17, 15) is 4.79 Å². The van der Waals surface area contributed by atoms with E-state index in [1.165, 1.54) is 4.68 Å². The van der Waals surface area contributed by atoms with Crippen LogP contribution in [0.15, 0.2) is 11.0 Å². The van der Waals surface area contributed by atoms with Gasteiger partial charge in [-0.1, -0.05) is 25.4 Å². The molecule has 0 spiro atoms. The van der Waals surface area contributed by atoms with Crippen LogP contribution >= 0.6 is 11.6 Å². The first kappa shape index (κ1) is 15.0.